The van der Waals surface area contributed by atoms with E-state index in [1.54, 1.807) is 13.0 Å². The van der Waals surface area contributed by atoms with E-state index in [-0.39, 0.29) is 16.2 Å². The minimum Gasteiger partial charge on any atom is -0.389 e. The molecule has 2 rings (SSSR count). The van der Waals surface area contributed by atoms with E-state index in [0.717, 1.165) is 16.8 Å². The van der Waals surface area contributed by atoms with Crippen LogP contribution in [-0.2, 0) is 0 Å². The van der Waals surface area contributed by atoms with Gasteiger partial charge in [-0.15, -0.1) is 0 Å². The molecule has 6 heteroatoms. The third-order valence-electron chi connectivity index (χ3n) is 2.25. The molecular weight excluding hydrogens is 244 g/mol. The van der Waals surface area contributed by atoms with E-state index in [4.69, 9.17) is 5.73 Å². The molecular formula is C11H9F2N3S. The number of rotatable bonds is 2. The van der Waals surface area contributed by atoms with Gasteiger partial charge in [0.15, 0.2) is 11.6 Å². The molecule has 0 radical (unpaired) electrons. The Morgan fingerprint density at radius 1 is 1.35 bits per heavy atom. The van der Waals surface area contributed by atoms with Crippen molar-refractivity contribution in [2.24, 2.45) is 5.73 Å². The Morgan fingerprint density at radius 3 is 2.35 bits per heavy atom. The third-order valence-corrected chi connectivity index (χ3v) is 2.49. The summed E-state index contributed by atoms with van der Waals surface area (Å²) in [5.74, 6) is -1.51. The number of benzene rings is 1. The monoisotopic (exact) mass is 253 g/mol. The molecule has 0 aliphatic heterocycles. The third kappa shape index (κ3) is 2.16. The summed E-state index contributed by atoms with van der Waals surface area (Å²) in [5.41, 5.74) is 5.91. The maximum atomic E-state index is 13.8. The molecule has 17 heavy (non-hydrogen) atoms. The number of halogens is 2. The first-order chi connectivity index (χ1) is 7.99. The summed E-state index contributed by atoms with van der Waals surface area (Å²) in [7, 11) is 0. The maximum Gasteiger partial charge on any atom is 0.152 e. The molecule has 0 amide bonds. The van der Waals surface area contributed by atoms with Gasteiger partial charge in [0.1, 0.15) is 10.7 Å². The van der Waals surface area contributed by atoms with E-state index >= 15 is 0 Å². The van der Waals surface area contributed by atoms with E-state index < -0.39 is 11.6 Å². The predicted molar refractivity (Wildman–Crippen MR) is 64.1 cm³/mol. The first-order valence-electron chi connectivity index (χ1n) is 4.80. The van der Waals surface area contributed by atoms with Crippen molar-refractivity contribution in [3.63, 3.8) is 0 Å². The molecule has 0 aliphatic carbocycles. The summed E-state index contributed by atoms with van der Waals surface area (Å²) in [6.45, 7) is 1.73. The van der Waals surface area contributed by atoms with E-state index in [1.165, 1.54) is 6.20 Å². The first-order valence-corrected chi connectivity index (χ1v) is 5.21. The lowest BCUT2D eigenvalue weighted by atomic mass is 10.2. The molecule has 0 aliphatic rings. The lowest BCUT2D eigenvalue weighted by Gasteiger charge is -2.07. The van der Waals surface area contributed by atoms with Crippen LogP contribution in [0.1, 0.15) is 11.3 Å². The van der Waals surface area contributed by atoms with Crippen molar-refractivity contribution in [3.8, 4) is 5.69 Å². The highest BCUT2D eigenvalue weighted by atomic mass is 32.1. The van der Waals surface area contributed by atoms with E-state index in [2.05, 4.69) is 17.3 Å². The Bertz CT molecular complexity index is 569. The van der Waals surface area contributed by atoms with Crippen molar-refractivity contribution in [2.45, 2.75) is 6.92 Å². The van der Waals surface area contributed by atoms with Gasteiger partial charge in [-0.2, -0.15) is 5.10 Å². The van der Waals surface area contributed by atoms with Gasteiger partial charge in [0, 0.05) is 11.8 Å². The van der Waals surface area contributed by atoms with E-state index in [0.29, 0.717) is 5.69 Å². The molecule has 1 heterocycles. The van der Waals surface area contributed by atoms with E-state index in [1.807, 2.05) is 0 Å². The Kier molecular flexibility index (Phi) is 2.89. The summed E-state index contributed by atoms with van der Waals surface area (Å²) < 4.78 is 28.6. The molecule has 0 saturated heterocycles. The molecule has 0 unspecified atom stereocenters. The van der Waals surface area contributed by atoms with Crippen LogP contribution in [-0.4, -0.2) is 14.8 Å². The van der Waals surface area contributed by atoms with Gasteiger partial charge in [0.2, 0.25) is 0 Å². The number of thiocarbonyl (C=S) groups is 1. The van der Waals surface area contributed by atoms with Gasteiger partial charge in [-0.1, -0.05) is 12.2 Å². The smallest absolute Gasteiger partial charge is 0.152 e. The zero-order valence-electron chi connectivity index (χ0n) is 8.95. The van der Waals surface area contributed by atoms with Crippen LogP contribution >= 0.6 is 12.2 Å². The Balaban J connectivity index is 2.60. The Morgan fingerprint density at radius 2 is 1.94 bits per heavy atom. The van der Waals surface area contributed by atoms with Crippen molar-refractivity contribution in [2.75, 3.05) is 0 Å². The molecule has 0 bridgehead atoms. The van der Waals surface area contributed by atoms with Gasteiger partial charge in [0.05, 0.1) is 5.69 Å². The molecule has 2 N–H and O–H groups in total. The van der Waals surface area contributed by atoms with Crippen LogP contribution in [0.3, 0.4) is 0 Å². The maximum absolute atomic E-state index is 13.8. The molecule has 1 aromatic heterocycles. The molecule has 0 spiro atoms. The summed E-state index contributed by atoms with van der Waals surface area (Å²) in [4.78, 5) is -0.0500. The number of hydrogen-bond donors (Lipinski definition) is 1. The molecule has 0 saturated carbocycles. The summed E-state index contributed by atoms with van der Waals surface area (Å²) in [6, 6.07) is 3.84. The van der Waals surface area contributed by atoms with Crippen LogP contribution in [0.2, 0.25) is 0 Å². The second-order valence-corrected chi connectivity index (χ2v) is 3.99. The predicted octanol–water partition coefficient (Wildman–Crippen LogP) is 2.09. The normalized spacial score (nSPS) is 10.5. The zero-order valence-corrected chi connectivity index (χ0v) is 9.76. The highest BCUT2D eigenvalue weighted by Gasteiger charge is 2.14. The van der Waals surface area contributed by atoms with Gasteiger partial charge in [-0.05, 0) is 25.1 Å². The highest BCUT2D eigenvalue weighted by Crippen LogP contribution is 2.19. The zero-order chi connectivity index (χ0) is 12.6. The van der Waals surface area contributed by atoms with Crippen LogP contribution in [0, 0.1) is 18.6 Å². The fraction of sp³-hybridized carbons (Fsp3) is 0.0909. The topological polar surface area (TPSA) is 43.8 Å². The van der Waals surface area contributed by atoms with Gasteiger partial charge >= 0.3 is 0 Å². The van der Waals surface area contributed by atoms with Crippen molar-refractivity contribution in [3.05, 3.63) is 47.3 Å². The number of hydrogen-bond acceptors (Lipinski definition) is 2. The Hall–Kier alpha value is -1.82. The summed E-state index contributed by atoms with van der Waals surface area (Å²) in [6.07, 6.45) is 1.48. The minimum atomic E-state index is -0.754. The molecule has 3 nitrogen and oxygen atoms in total. The highest BCUT2D eigenvalue weighted by molar-refractivity contribution is 7.80. The second kappa shape index (κ2) is 4.21. The van der Waals surface area contributed by atoms with Gasteiger partial charge in [-0.25, -0.2) is 13.5 Å². The van der Waals surface area contributed by atoms with Crippen molar-refractivity contribution in [1.29, 1.82) is 0 Å². The van der Waals surface area contributed by atoms with Crippen LogP contribution in [0.15, 0.2) is 24.4 Å². The fourth-order valence-corrected chi connectivity index (χ4v) is 1.58. The SMILES string of the molecule is Cc1ccn(-c2c(F)cc(C(N)=S)cc2F)n1. The molecule has 2 aromatic rings. The molecule has 0 fully saturated rings. The fourth-order valence-electron chi connectivity index (χ4n) is 1.47. The number of aromatic nitrogens is 2. The summed E-state index contributed by atoms with van der Waals surface area (Å²) >= 11 is 4.67. The average Bonchev–Trinajstić information content (AvgIpc) is 2.63. The molecule has 88 valence electrons. The number of nitrogens with zero attached hydrogens (tertiary/aromatic N) is 2. The standard InChI is InChI=1S/C11H9F2N3S/c1-6-2-3-16(15-6)10-8(12)4-7(11(14)17)5-9(10)13/h2-5H,1H3,(H2,14,17). The van der Waals surface area contributed by atoms with Crippen LogP contribution < -0.4 is 5.73 Å². The Labute approximate surface area is 102 Å². The van der Waals surface area contributed by atoms with Crippen molar-refractivity contribution in [1.82, 2.24) is 9.78 Å². The largest absolute Gasteiger partial charge is 0.389 e. The van der Waals surface area contributed by atoms with Crippen LogP contribution in [0.4, 0.5) is 8.78 Å². The first kappa shape index (κ1) is 11.7. The minimum absolute atomic E-state index is 0.0500. The number of nitrogens with two attached hydrogens (primary N) is 1. The average molecular weight is 253 g/mol. The molecule has 0 atom stereocenters. The van der Waals surface area contributed by atoms with Gasteiger partial charge in [0.25, 0.3) is 0 Å². The quantitative estimate of drug-likeness (QED) is 0.833. The van der Waals surface area contributed by atoms with Crippen LogP contribution in [0.5, 0.6) is 0 Å². The van der Waals surface area contributed by atoms with Crippen molar-refractivity contribution < 1.29 is 8.78 Å². The number of aryl methyl sites for hydroxylation is 1. The van der Waals surface area contributed by atoms with Crippen LogP contribution in [0.25, 0.3) is 5.69 Å². The van der Waals surface area contributed by atoms with Crippen molar-refractivity contribution >= 4 is 17.2 Å². The van der Waals surface area contributed by atoms with E-state index in [9.17, 15) is 8.78 Å². The summed E-state index contributed by atoms with van der Waals surface area (Å²) in [5, 5.41) is 3.95. The molecule has 1 aromatic carbocycles. The van der Waals surface area contributed by atoms with Gasteiger partial charge < -0.3 is 5.73 Å². The second-order valence-electron chi connectivity index (χ2n) is 3.55. The lowest BCUT2D eigenvalue weighted by Crippen LogP contribution is -2.12. The van der Waals surface area contributed by atoms with Gasteiger partial charge in [-0.3, -0.25) is 0 Å². The lowest BCUT2D eigenvalue weighted by molar-refractivity contribution is 0.559.